The third-order valence-corrected chi connectivity index (χ3v) is 6.70. The van der Waals surface area contributed by atoms with Crippen molar-refractivity contribution in [3.8, 4) is 0 Å². The minimum atomic E-state index is -3.71. The Morgan fingerprint density at radius 2 is 1.86 bits per heavy atom. The zero-order valence-electron chi connectivity index (χ0n) is 16.4. The Morgan fingerprint density at radius 3 is 2.50 bits per heavy atom. The highest BCUT2D eigenvalue weighted by molar-refractivity contribution is 7.89. The van der Waals surface area contributed by atoms with Crippen molar-refractivity contribution in [3.63, 3.8) is 0 Å². The van der Waals surface area contributed by atoms with Crippen LogP contribution in [0.5, 0.6) is 0 Å². The van der Waals surface area contributed by atoms with E-state index in [1.165, 1.54) is 29.6 Å². The molecule has 1 N–H and O–H groups in total. The van der Waals surface area contributed by atoms with Gasteiger partial charge >= 0.3 is 0 Å². The monoisotopic (exact) mass is 424 g/mol. The van der Waals surface area contributed by atoms with E-state index in [1.807, 2.05) is 24.3 Å². The minimum absolute atomic E-state index is 0.0281. The number of sulfonamides is 1. The number of hydrogen-bond acceptors (Lipinski definition) is 4. The van der Waals surface area contributed by atoms with Crippen molar-refractivity contribution in [1.82, 2.24) is 9.62 Å². The number of benzene rings is 2. The average molecular weight is 425 g/mol. The van der Waals surface area contributed by atoms with Crippen molar-refractivity contribution in [2.45, 2.75) is 37.9 Å². The van der Waals surface area contributed by atoms with E-state index in [4.69, 9.17) is 16.3 Å². The molecule has 0 fully saturated rings. The number of carbonyl (C=O) groups is 1. The molecular formula is C20H25ClN2O4S. The maximum Gasteiger partial charge on any atom is 0.253 e. The van der Waals surface area contributed by atoms with Gasteiger partial charge in [0.05, 0.1) is 22.1 Å². The predicted octanol–water partition coefficient (Wildman–Crippen LogP) is 3.45. The van der Waals surface area contributed by atoms with Gasteiger partial charge in [0, 0.05) is 26.7 Å². The number of methoxy groups -OCH3 is 1. The lowest BCUT2D eigenvalue weighted by Gasteiger charge is -2.21. The number of rotatable bonds is 8. The maximum atomic E-state index is 12.7. The van der Waals surface area contributed by atoms with Gasteiger partial charge in [0.2, 0.25) is 10.0 Å². The van der Waals surface area contributed by atoms with Crippen LogP contribution >= 0.6 is 11.6 Å². The van der Waals surface area contributed by atoms with E-state index < -0.39 is 15.9 Å². The first-order valence-electron chi connectivity index (χ1n) is 8.79. The SMILES string of the molecule is COCc1cccc(CNC(=O)c2cc(S(=O)(=O)N(C)C(C)C)ccc2Cl)c1. The molecule has 0 unspecified atom stereocenters. The summed E-state index contributed by atoms with van der Waals surface area (Å²) >= 11 is 6.15. The van der Waals surface area contributed by atoms with Crippen LogP contribution in [0.4, 0.5) is 0 Å². The van der Waals surface area contributed by atoms with Crippen LogP contribution < -0.4 is 5.32 Å². The van der Waals surface area contributed by atoms with Crippen molar-refractivity contribution in [3.05, 3.63) is 64.2 Å². The lowest BCUT2D eigenvalue weighted by atomic mass is 10.1. The first-order valence-corrected chi connectivity index (χ1v) is 10.6. The Hall–Kier alpha value is -1.93. The number of hydrogen-bond donors (Lipinski definition) is 1. The van der Waals surface area contributed by atoms with Crippen LogP contribution in [0.1, 0.15) is 35.3 Å². The number of halogens is 1. The molecule has 0 aromatic heterocycles. The van der Waals surface area contributed by atoms with Crippen LogP contribution in [0.3, 0.4) is 0 Å². The second kappa shape index (κ2) is 9.52. The Morgan fingerprint density at radius 1 is 1.18 bits per heavy atom. The molecule has 0 saturated carbocycles. The van der Waals surface area contributed by atoms with E-state index in [-0.39, 0.29) is 28.1 Å². The number of nitrogens with zero attached hydrogens (tertiary/aromatic N) is 1. The van der Waals surface area contributed by atoms with Crippen molar-refractivity contribution in [2.24, 2.45) is 0 Å². The van der Waals surface area contributed by atoms with E-state index in [0.717, 1.165) is 11.1 Å². The highest BCUT2D eigenvalue weighted by atomic mass is 35.5. The molecule has 2 rings (SSSR count). The number of amides is 1. The van der Waals surface area contributed by atoms with Crippen LogP contribution in [-0.4, -0.2) is 38.8 Å². The second-order valence-electron chi connectivity index (χ2n) is 6.69. The quantitative estimate of drug-likeness (QED) is 0.704. The number of carbonyl (C=O) groups excluding carboxylic acids is 1. The largest absolute Gasteiger partial charge is 0.380 e. The molecule has 0 aliphatic carbocycles. The zero-order chi connectivity index (χ0) is 20.9. The summed E-state index contributed by atoms with van der Waals surface area (Å²) in [4.78, 5) is 12.6. The highest BCUT2D eigenvalue weighted by Crippen LogP contribution is 2.23. The first-order chi connectivity index (χ1) is 13.2. The van der Waals surface area contributed by atoms with Gasteiger partial charge < -0.3 is 10.1 Å². The van der Waals surface area contributed by atoms with Crippen molar-refractivity contribution in [1.29, 1.82) is 0 Å². The molecule has 0 heterocycles. The van der Waals surface area contributed by atoms with E-state index in [9.17, 15) is 13.2 Å². The summed E-state index contributed by atoms with van der Waals surface area (Å²) in [6, 6.07) is 11.6. The number of ether oxygens (including phenoxy) is 1. The Bertz CT molecular complexity index is 945. The molecular weight excluding hydrogens is 400 g/mol. The summed E-state index contributed by atoms with van der Waals surface area (Å²) < 4.78 is 31.7. The fraction of sp³-hybridized carbons (Fsp3) is 0.350. The summed E-state index contributed by atoms with van der Waals surface area (Å²) in [6.07, 6.45) is 0. The molecule has 0 radical (unpaired) electrons. The summed E-state index contributed by atoms with van der Waals surface area (Å²) in [5, 5.41) is 2.97. The molecule has 2 aromatic carbocycles. The van der Waals surface area contributed by atoms with Crippen LogP contribution in [-0.2, 0) is 27.9 Å². The predicted molar refractivity (Wildman–Crippen MR) is 110 cm³/mol. The standard InChI is InChI=1S/C20H25ClN2O4S/c1-14(2)23(3)28(25,26)17-8-9-19(21)18(11-17)20(24)22-12-15-6-5-7-16(10-15)13-27-4/h5-11,14H,12-13H2,1-4H3,(H,22,24). The smallest absolute Gasteiger partial charge is 0.253 e. The van der Waals surface area contributed by atoms with Gasteiger partial charge in [-0.05, 0) is 43.2 Å². The highest BCUT2D eigenvalue weighted by Gasteiger charge is 2.25. The average Bonchev–Trinajstić information content (AvgIpc) is 2.66. The van der Waals surface area contributed by atoms with E-state index >= 15 is 0 Å². The normalized spacial score (nSPS) is 11.8. The molecule has 0 saturated heterocycles. The second-order valence-corrected chi connectivity index (χ2v) is 9.10. The fourth-order valence-corrected chi connectivity index (χ4v) is 4.15. The molecule has 0 bridgehead atoms. The molecule has 0 aliphatic rings. The van der Waals surface area contributed by atoms with Crippen LogP contribution in [0.15, 0.2) is 47.4 Å². The first kappa shape index (κ1) is 22.4. The maximum absolute atomic E-state index is 12.7. The Balaban J connectivity index is 2.21. The van der Waals surface area contributed by atoms with Gasteiger partial charge in [-0.15, -0.1) is 0 Å². The van der Waals surface area contributed by atoms with E-state index in [1.54, 1.807) is 21.0 Å². The van der Waals surface area contributed by atoms with Crippen molar-refractivity contribution in [2.75, 3.05) is 14.2 Å². The van der Waals surface area contributed by atoms with Crippen LogP contribution in [0, 0.1) is 0 Å². The van der Waals surface area contributed by atoms with Gasteiger partial charge in [-0.1, -0.05) is 35.9 Å². The van der Waals surface area contributed by atoms with Gasteiger partial charge in [-0.25, -0.2) is 8.42 Å². The lowest BCUT2D eigenvalue weighted by Crippen LogP contribution is -2.33. The molecule has 6 nitrogen and oxygen atoms in total. The van der Waals surface area contributed by atoms with Crippen molar-refractivity contribution >= 4 is 27.5 Å². The van der Waals surface area contributed by atoms with Gasteiger partial charge in [-0.2, -0.15) is 4.31 Å². The fourth-order valence-electron chi connectivity index (χ4n) is 2.56. The van der Waals surface area contributed by atoms with Gasteiger partial charge in [-0.3, -0.25) is 4.79 Å². The van der Waals surface area contributed by atoms with Crippen LogP contribution in [0.25, 0.3) is 0 Å². The molecule has 8 heteroatoms. The minimum Gasteiger partial charge on any atom is -0.380 e. The van der Waals surface area contributed by atoms with Crippen molar-refractivity contribution < 1.29 is 17.9 Å². The summed E-state index contributed by atoms with van der Waals surface area (Å²) in [5.74, 6) is -0.439. The van der Waals surface area contributed by atoms with Gasteiger partial charge in [0.15, 0.2) is 0 Å². The molecule has 0 aliphatic heterocycles. The van der Waals surface area contributed by atoms with E-state index in [2.05, 4.69) is 5.32 Å². The Labute approximate surface area is 171 Å². The van der Waals surface area contributed by atoms with Gasteiger partial charge in [0.25, 0.3) is 5.91 Å². The molecule has 2 aromatic rings. The topological polar surface area (TPSA) is 75.7 Å². The van der Waals surface area contributed by atoms with Gasteiger partial charge in [0.1, 0.15) is 0 Å². The lowest BCUT2D eigenvalue weighted by molar-refractivity contribution is 0.0951. The van der Waals surface area contributed by atoms with Crippen LogP contribution in [0.2, 0.25) is 5.02 Å². The molecule has 28 heavy (non-hydrogen) atoms. The zero-order valence-corrected chi connectivity index (χ0v) is 18.0. The summed E-state index contributed by atoms with van der Waals surface area (Å²) in [6.45, 7) is 4.32. The number of nitrogens with one attached hydrogen (secondary N) is 1. The summed E-state index contributed by atoms with van der Waals surface area (Å²) in [7, 11) is -0.589. The summed E-state index contributed by atoms with van der Waals surface area (Å²) in [5.41, 5.74) is 2.02. The molecule has 0 spiro atoms. The third-order valence-electron chi connectivity index (χ3n) is 4.34. The molecule has 0 atom stereocenters. The van der Waals surface area contributed by atoms with E-state index in [0.29, 0.717) is 6.61 Å². The Kier molecular flexibility index (Phi) is 7.60. The molecule has 152 valence electrons. The molecule has 1 amide bonds. The third kappa shape index (κ3) is 5.32.